The fraction of sp³-hybridized carbons (Fsp3) is 0.929. The van der Waals surface area contributed by atoms with E-state index in [1.54, 1.807) is 6.92 Å². The maximum atomic E-state index is 11.4. The molecular formula is C14H27NO4. The number of carbonyl (C=O) groups is 1. The highest BCUT2D eigenvalue weighted by Gasteiger charge is 2.29. The van der Waals surface area contributed by atoms with E-state index in [0.29, 0.717) is 13.0 Å². The zero-order chi connectivity index (χ0) is 14.5. The van der Waals surface area contributed by atoms with E-state index in [4.69, 9.17) is 15.2 Å². The summed E-state index contributed by atoms with van der Waals surface area (Å²) in [4.78, 5) is 11.4. The molecule has 0 spiro atoms. The van der Waals surface area contributed by atoms with Crippen molar-refractivity contribution in [2.45, 2.75) is 70.3 Å². The van der Waals surface area contributed by atoms with Crippen LogP contribution in [0.4, 0.5) is 0 Å². The summed E-state index contributed by atoms with van der Waals surface area (Å²) in [7, 11) is 1.36. The van der Waals surface area contributed by atoms with Crippen molar-refractivity contribution < 1.29 is 19.0 Å². The van der Waals surface area contributed by atoms with E-state index >= 15 is 0 Å². The fourth-order valence-corrected chi connectivity index (χ4v) is 2.51. The van der Waals surface area contributed by atoms with Crippen molar-refractivity contribution in [2.24, 2.45) is 5.73 Å². The van der Waals surface area contributed by atoms with E-state index < -0.39 is 5.54 Å². The topological polar surface area (TPSA) is 70.8 Å². The maximum absolute atomic E-state index is 11.4. The van der Waals surface area contributed by atoms with Crippen LogP contribution in [0.3, 0.4) is 0 Å². The zero-order valence-electron chi connectivity index (χ0n) is 12.5. The molecule has 0 saturated carbocycles. The van der Waals surface area contributed by atoms with Crippen molar-refractivity contribution in [1.82, 2.24) is 0 Å². The number of esters is 1. The van der Waals surface area contributed by atoms with Crippen LogP contribution < -0.4 is 5.73 Å². The van der Waals surface area contributed by atoms with Crippen molar-refractivity contribution in [3.8, 4) is 0 Å². The molecule has 0 aromatic rings. The molecule has 1 heterocycles. The number of methoxy groups -OCH3 is 1. The van der Waals surface area contributed by atoms with Gasteiger partial charge in [-0.1, -0.05) is 0 Å². The molecule has 0 radical (unpaired) electrons. The first-order valence-electron chi connectivity index (χ1n) is 6.99. The van der Waals surface area contributed by atoms with Crippen LogP contribution in [-0.2, 0) is 19.0 Å². The van der Waals surface area contributed by atoms with E-state index in [1.165, 1.54) is 7.11 Å². The molecule has 1 rings (SSSR count). The van der Waals surface area contributed by atoms with E-state index in [9.17, 15) is 4.79 Å². The minimum absolute atomic E-state index is 0.251. The quantitative estimate of drug-likeness (QED) is 0.588. The van der Waals surface area contributed by atoms with Gasteiger partial charge in [0.15, 0.2) is 0 Å². The lowest BCUT2D eigenvalue weighted by atomic mass is 9.97. The van der Waals surface area contributed by atoms with Crippen LogP contribution in [0.15, 0.2) is 0 Å². The summed E-state index contributed by atoms with van der Waals surface area (Å²) >= 11 is 0. The van der Waals surface area contributed by atoms with Gasteiger partial charge in [-0.2, -0.15) is 0 Å². The van der Waals surface area contributed by atoms with Crippen molar-refractivity contribution in [3.63, 3.8) is 0 Å². The molecule has 1 aliphatic heterocycles. The summed E-state index contributed by atoms with van der Waals surface area (Å²) in [6.45, 7) is 6.45. The van der Waals surface area contributed by atoms with E-state index in [0.717, 1.165) is 19.3 Å². The molecule has 0 amide bonds. The van der Waals surface area contributed by atoms with Gasteiger partial charge in [0.05, 0.1) is 25.4 Å². The molecule has 0 bridgehead atoms. The Balaban J connectivity index is 2.22. The molecule has 0 aliphatic carbocycles. The average molecular weight is 273 g/mol. The first-order chi connectivity index (χ1) is 8.85. The van der Waals surface area contributed by atoms with Crippen LogP contribution in [0, 0.1) is 0 Å². The van der Waals surface area contributed by atoms with Gasteiger partial charge in [-0.05, 0) is 46.5 Å². The van der Waals surface area contributed by atoms with Crippen LogP contribution in [0.25, 0.3) is 0 Å². The predicted molar refractivity (Wildman–Crippen MR) is 72.8 cm³/mol. The number of carbonyl (C=O) groups excluding carboxylic acids is 1. The van der Waals surface area contributed by atoms with Crippen molar-refractivity contribution in [1.29, 1.82) is 0 Å². The Morgan fingerprint density at radius 1 is 1.37 bits per heavy atom. The largest absolute Gasteiger partial charge is 0.468 e. The third-order valence-electron chi connectivity index (χ3n) is 3.50. The summed E-state index contributed by atoms with van der Waals surface area (Å²) in [6.07, 6.45) is 3.94. The van der Waals surface area contributed by atoms with Crippen LogP contribution >= 0.6 is 0 Å². The van der Waals surface area contributed by atoms with Crippen LogP contribution in [0.1, 0.15) is 46.5 Å². The molecule has 1 fully saturated rings. The van der Waals surface area contributed by atoms with Gasteiger partial charge < -0.3 is 19.9 Å². The van der Waals surface area contributed by atoms with Gasteiger partial charge in [0, 0.05) is 6.61 Å². The van der Waals surface area contributed by atoms with Gasteiger partial charge in [0.1, 0.15) is 5.54 Å². The Bertz CT molecular complexity index is 283. The Labute approximate surface area is 115 Å². The van der Waals surface area contributed by atoms with Crippen LogP contribution in [-0.4, -0.2) is 43.5 Å². The molecule has 112 valence electrons. The second-order valence-electron chi connectivity index (χ2n) is 5.73. The summed E-state index contributed by atoms with van der Waals surface area (Å²) < 4.78 is 16.2. The van der Waals surface area contributed by atoms with Crippen LogP contribution in [0.5, 0.6) is 0 Å². The van der Waals surface area contributed by atoms with Crippen molar-refractivity contribution in [3.05, 3.63) is 0 Å². The van der Waals surface area contributed by atoms with Crippen molar-refractivity contribution in [2.75, 3.05) is 13.7 Å². The first-order valence-corrected chi connectivity index (χ1v) is 6.99. The SMILES string of the molecule is COC(=O)C(C)(N)CCCOC1CC(C)OC(C)C1. The molecule has 19 heavy (non-hydrogen) atoms. The van der Waals surface area contributed by atoms with Gasteiger partial charge in [0.25, 0.3) is 0 Å². The number of hydrogen-bond acceptors (Lipinski definition) is 5. The molecule has 0 aromatic carbocycles. The summed E-state index contributed by atoms with van der Waals surface area (Å²) in [6, 6.07) is 0. The van der Waals surface area contributed by atoms with Gasteiger partial charge in [-0.25, -0.2) is 0 Å². The van der Waals surface area contributed by atoms with Gasteiger partial charge in [0.2, 0.25) is 0 Å². The third kappa shape index (κ3) is 5.47. The number of rotatable bonds is 6. The zero-order valence-corrected chi connectivity index (χ0v) is 12.5. The lowest BCUT2D eigenvalue weighted by Gasteiger charge is -2.32. The molecule has 0 aromatic heterocycles. The number of hydrogen-bond donors (Lipinski definition) is 1. The molecule has 1 saturated heterocycles. The Kier molecular flexibility index (Phi) is 6.23. The molecule has 3 atom stereocenters. The highest BCUT2D eigenvalue weighted by molar-refractivity contribution is 5.79. The first kappa shape index (κ1) is 16.4. The second kappa shape index (κ2) is 7.22. The summed E-state index contributed by atoms with van der Waals surface area (Å²) in [5.74, 6) is -0.374. The Hall–Kier alpha value is -0.650. The van der Waals surface area contributed by atoms with Crippen molar-refractivity contribution >= 4 is 5.97 Å². The molecule has 1 aliphatic rings. The molecule has 3 unspecified atom stereocenters. The number of ether oxygens (including phenoxy) is 3. The lowest BCUT2D eigenvalue weighted by Crippen LogP contribution is -2.45. The Morgan fingerprint density at radius 2 is 1.95 bits per heavy atom. The molecule has 5 nitrogen and oxygen atoms in total. The van der Waals surface area contributed by atoms with Gasteiger partial charge in [-0.3, -0.25) is 4.79 Å². The minimum Gasteiger partial charge on any atom is -0.468 e. The van der Waals surface area contributed by atoms with Gasteiger partial charge >= 0.3 is 5.97 Å². The second-order valence-corrected chi connectivity index (χ2v) is 5.73. The van der Waals surface area contributed by atoms with E-state index in [2.05, 4.69) is 18.6 Å². The summed E-state index contributed by atoms with van der Waals surface area (Å²) in [5.41, 5.74) is 4.96. The molecule has 5 heteroatoms. The van der Waals surface area contributed by atoms with E-state index in [-0.39, 0.29) is 24.3 Å². The average Bonchev–Trinajstić information content (AvgIpc) is 2.32. The fourth-order valence-electron chi connectivity index (χ4n) is 2.51. The highest BCUT2D eigenvalue weighted by Crippen LogP contribution is 2.22. The Morgan fingerprint density at radius 3 is 2.47 bits per heavy atom. The normalized spacial score (nSPS) is 30.7. The summed E-state index contributed by atoms with van der Waals surface area (Å²) in [5, 5.41) is 0. The maximum Gasteiger partial charge on any atom is 0.325 e. The highest BCUT2D eigenvalue weighted by atomic mass is 16.5. The monoisotopic (exact) mass is 273 g/mol. The van der Waals surface area contributed by atoms with Gasteiger partial charge in [-0.15, -0.1) is 0 Å². The lowest BCUT2D eigenvalue weighted by molar-refractivity contribution is -0.146. The smallest absolute Gasteiger partial charge is 0.325 e. The standard InChI is InChI=1S/C14H27NO4/c1-10-8-12(9-11(2)19-10)18-7-5-6-14(3,15)13(16)17-4/h10-12H,5-9,15H2,1-4H3. The minimum atomic E-state index is -0.922. The molecule has 2 N–H and O–H groups in total. The molecular weight excluding hydrogens is 246 g/mol. The number of nitrogens with two attached hydrogens (primary N) is 1. The predicted octanol–water partition coefficient (Wildman–Crippen LogP) is 1.63. The third-order valence-corrected chi connectivity index (χ3v) is 3.50. The van der Waals surface area contributed by atoms with E-state index in [1.807, 2.05) is 0 Å². The van der Waals surface area contributed by atoms with Crippen LogP contribution in [0.2, 0.25) is 0 Å².